The zero-order chi connectivity index (χ0) is 15.0. The molecule has 1 aliphatic rings. The fraction of sp³-hybridized carbons (Fsp3) is 0.308. The maximum absolute atomic E-state index is 12.5. The van der Waals surface area contributed by atoms with Gasteiger partial charge >= 0.3 is 0 Å². The molecule has 0 aliphatic heterocycles. The van der Waals surface area contributed by atoms with Crippen molar-refractivity contribution in [3.05, 3.63) is 39.5 Å². The zero-order valence-electron chi connectivity index (χ0n) is 10.9. The molecule has 6 nitrogen and oxygen atoms in total. The van der Waals surface area contributed by atoms with E-state index in [4.69, 9.17) is 28.9 Å². The number of aromatic nitrogens is 2. The van der Waals surface area contributed by atoms with E-state index in [9.17, 15) is 4.79 Å². The highest BCUT2D eigenvalue weighted by Gasteiger charge is 2.35. The van der Waals surface area contributed by atoms with Crippen LogP contribution in [-0.4, -0.2) is 27.2 Å². The molecule has 3 rings (SSSR count). The Morgan fingerprint density at radius 2 is 2.10 bits per heavy atom. The summed E-state index contributed by atoms with van der Waals surface area (Å²) >= 11 is 11.9. The normalized spacial score (nSPS) is 14.2. The summed E-state index contributed by atoms with van der Waals surface area (Å²) < 4.78 is 4.49. The number of anilines is 1. The third kappa shape index (κ3) is 2.96. The van der Waals surface area contributed by atoms with Gasteiger partial charge in [0.15, 0.2) is 0 Å². The molecule has 1 amide bonds. The summed E-state index contributed by atoms with van der Waals surface area (Å²) in [6.07, 6.45) is 1.91. The number of hydrogen-bond acceptors (Lipinski definition) is 5. The van der Waals surface area contributed by atoms with Crippen molar-refractivity contribution in [2.45, 2.75) is 25.4 Å². The number of hydrogen-bond donors (Lipinski definition) is 1. The molecule has 0 spiro atoms. The zero-order valence-corrected chi connectivity index (χ0v) is 12.4. The second kappa shape index (κ2) is 5.54. The lowest BCUT2D eigenvalue weighted by Crippen LogP contribution is -2.33. The van der Waals surface area contributed by atoms with Crippen LogP contribution >= 0.6 is 23.2 Å². The molecule has 1 saturated carbocycles. The summed E-state index contributed by atoms with van der Waals surface area (Å²) in [5.74, 6) is -0.290. The lowest BCUT2D eigenvalue weighted by molar-refractivity contribution is 0.0719. The molecule has 2 N–H and O–H groups in total. The Morgan fingerprint density at radius 3 is 2.67 bits per heavy atom. The smallest absolute Gasteiger partial charge is 0.280 e. The molecular formula is C13H12Cl2N4O2. The third-order valence-electron chi connectivity index (χ3n) is 3.30. The third-order valence-corrected chi connectivity index (χ3v) is 4.04. The first-order chi connectivity index (χ1) is 10.1. The summed E-state index contributed by atoms with van der Waals surface area (Å²) in [7, 11) is 0. The molecule has 2 aromatic rings. The minimum Gasteiger partial charge on any atom is -0.379 e. The summed E-state index contributed by atoms with van der Waals surface area (Å²) in [6, 6.07) is 5.47. The van der Waals surface area contributed by atoms with Crippen LogP contribution in [0.4, 0.5) is 5.82 Å². The van der Waals surface area contributed by atoms with Crippen molar-refractivity contribution in [2.24, 2.45) is 0 Å². The highest BCUT2D eigenvalue weighted by atomic mass is 35.5. The van der Waals surface area contributed by atoms with Gasteiger partial charge in [-0.05, 0) is 40.9 Å². The molecule has 1 aliphatic carbocycles. The van der Waals surface area contributed by atoms with E-state index >= 15 is 0 Å². The average molecular weight is 327 g/mol. The van der Waals surface area contributed by atoms with E-state index in [0.717, 1.165) is 18.4 Å². The van der Waals surface area contributed by atoms with E-state index in [2.05, 4.69) is 14.9 Å². The largest absolute Gasteiger partial charge is 0.379 e. The number of benzene rings is 1. The molecule has 1 aromatic carbocycles. The molecule has 0 radical (unpaired) electrons. The molecule has 0 atom stereocenters. The SMILES string of the molecule is Nc1nonc1C(=O)N(Cc1ccc(Cl)c(Cl)c1)C1CC1. The highest BCUT2D eigenvalue weighted by Crippen LogP contribution is 2.31. The summed E-state index contributed by atoms with van der Waals surface area (Å²) in [4.78, 5) is 14.2. The Hall–Kier alpha value is -1.79. The number of rotatable bonds is 4. The van der Waals surface area contributed by atoms with E-state index in [1.165, 1.54) is 0 Å². The van der Waals surface area contributed by atoms with Crippen molar-refractivity contribution in [3.8, 4) is 0 Å². The predicted octanol–water partition coefficient (Wildman–Crippen LogP) is 2.76. The molecule has 0 saturated heterocycles. The van der Waals surface area contributed by atoms with Gasteiger partial charge in [0.1, 0.15) is 0 Å². The Morgan fingerprint density at radius 1 is 1.33 bits per heavy atom. The van der Waals surface area contributed by atoms with Gasteiger partial charge in [-0.2, -0.15) is 0 Å². The van der Waals surface area contributed by atoms with Crippen LogP contribution in [0.3, 0.4) is 0 Å². The average Bonchev–Trinajstić information content (AvgIpc) is 3.21. The number of carbonyl (C=O) groups is 1. The first-order valence-electron chi connectivity index (χ1n) is 6.39. The van der Waals surface area contributed by atoms with Gasteiger partial charge < -0.3 is 10.6 Å². The van der Waals surface area contributed by atoms with Crippen LogP contribution < -0.4 is 5.73 Å². The summed E-state index contributed by atoms with van der Waals surface area (Å²) in [5, 5.41) is 7.95. The van der Waals surface area contributed by atoms with Crippen LogP contribution in [0, 0.1) is 0 Å². The minimum absolute atomic E-state index is 0.000196. The molecule has 1 fully saturated rings. The van der Waals surface area contributed by atoms with Crippen molar-refractivity contribution < 1.29 is 9.42 Å². The number of nitrogen functional groups attached to an aromatic ring is 1. The lowest BCUT2D eigenvalue weighted by atomic mass is 10.2. The van der Waals surface area contributed by atoms with Crippen molar-refractivity contribution in [2.75, 3.05) is 5.73 Å². The van der Waals surface area contributed by atoms with E-state index < -0.39 is 0 Å². The fourth-order valence-electron chi connectivity index (χ4n) is 2.07. The van der Waals surface area contributed by atoms with Gasteiger partial charge in [-0.1, -0.05) is 29.3 Å². The number of nitrogens with zero attached hydrogens (tertiary/aromatic N) is 3. The number of nitrogens with two attached hydrogens (primary N) is 1. The maximum Gasteiger partial charge on any atom is 0.280 e. The molecule has 1 aromatic heterocycles. The molecule has 8 heteroatoms. The quantitative estimate of drug-likeness (QED) is 0.933. The monoisotopic (exact) mass is 326 g/mol. The predicted molar refractivity (Wildman–Crippen MR) is 78.1 cm³/mol. The Labute approximate surface area is 130 Å². The van der Waals surface area contributed by atoms with Crippen LogP contribution in [0.1, 0.15) is 28.9 Å². The van der Waals surface area contributed by atoms with Crippen molar-refractivity contribution in [3.63, 3.8) is 0 Å². The summed E-state index contributed by atoms with van der Waals surface area (Å²) in [6.45, 7) is 0.409. The topological polar surface area (TPSA) is 85.2 Å². The Kier molecular flexibility index (Phi) is 3.73. The first kappa shape index (κ1) is 14.2. The molecule has 21 heavy (non-hydrogen) atoms. The Balaban J connectivity index is 1.83. The molecule has 1 heterocycles. The summed E-state index contributed by atoms with van der Waals surface area (Å²) in [5.41, 5.74) is 6.52. The van der Waals surface area contributed by atoms with E-state index in [1.54, 1.807) is 17.0 Å². The van der Waals surface area contributed by atoms with Gasteiger partial charge in [0, 0.05) is 12.6 Å². The molecule has 110 valence electrons. The standard InChI is InChI=1S/C13H12Cl2N4O2/c14-9-4-1-7(5-10(9)15)6-19(8-2-3-8)13(20)11-12(16)18-21-17-11/h1,4-5,8H,2-3,6H2,(H2,16,18). The van der Waals surface area contributed by atoms with Gasteiger partial charge in [0.05, 0.1) is 10.0 Å². The molecule has 0 unspecified atom stereocenters. The fourth-order valence-corrected chi connectivity index (χ4v) is 2.39. The van der Waals surface area contributed by atoms with Crippen molar-refractivity contribution in [1.82, 2.24) is 15.2 Å². The number of amides is 1. The van der Waals surface area contributed by atoms with Crippen LogP contribution in [0.15, 0.2) is 22.8 Å². The van der Waals surface area contributed by atoms with Gasteiger partial charge in [0.25, 0.3) is 5.91 Å². The van der Waals surface area contributed by atoms with Crippen molar-refractivity contribution >= 4 is 34.9 Å². The first-order valence-corrected chi connectivity index (χ1v) is 7.15. The van der Waals surface area contributed by atoms with Crippen LogP contribution in [0.5, 0.6) is 0 Å². The second-order valence-electron chi connectivity index (χ2n) is 4.91. The maximum atomic E-state index is 12.5. The van der Waals surface area contributed by atoms with Gasteiger partial charge in [0.2, 0.25) is 11.5 Å². The number of carbonyl (C=O) groups excluding carboxylic acids is 1. The van der Waals surface area contributed by atoms with E-state index in [-0.39, 0.29) is 23.5 Å². The second-order valence-corrected chi connectivity index (χ2v) is 5.73. The molecule has 0 bridgehead atoms. The van der Waals surface area contributed by atoms with Gasteiger partial charge in [-0.25, -0.2) is 4.63 Å². The minimum atomic E-state index is -0.290. The van der Waals surface area contributed by atoms with Crippen molar-refractivity contribution in [1.29, 1.82) is 0 Å². The van der Waals surface area contributed by atoms with Gasteiger partial charge in [-0.15, -0.1) is 0 Å². The van der Waals surface area contributed by atoms with E-state index in [1.807, 2.05) is 6.07 Å². The Bertz CT molecular complexity index is 685. The van der Waals surface area contributed by atoms with Crippen LogP contribution in [0.2, 0.25) is 10.0 Å². The van der Waals surface area contributed by atoms with Crippen LogP contribution in [0.25, 0.3) is 0 Å². The van der Waals surface area contributed by atoms with Gasteiger partial charge in [-0.3, -0.25) is 4.79 Å². The van der Waals surface area contributed by atoms with E-state index in [0.29, 0.717) is 16.6 Å². The van der Waals surface area contributed by atoms with Crippen LogP contribution in [-0.2, 0) is 6.54 Å². The lowest BCUT2D eigenvalue weighted by Gasteiger charge is -2.21. The molecular weight excluding hydrogens is 315 g/mol. The highest BCUT2D eigenvalue weighted by molar-refractivity contribution is 6.42. The number of halogens is 2.